The molecule has 3 atom stereocenters. The second-order valence-electron chi connectivity index (χ2n) is 15.1. The molecule has 0 saturated heterocycles. The lowest BCUT2D eigenvalue weighted by Crippen LogP contribution is -2.49. The molecule has 2 aliphatic heterocycles. The van der Waals surface area contributed by atoms with E-state index < -0.39 is 72.6 Å². The molecule has 2 heterocycles. The van der Waals surface area contributed by atoms with Gasteiger partial charge in [-0.15, -0.1) is 0 Å². The van der Waals surface area contributed by atoms with Crippen LogP contribution in [0.15, 0.2) is 173 Å². The van der Waals surface area contributed by atoms with Crippen LogP contribution in [-0.4, -0.2) is 89.6 Å². The highest BCUT2D eigenvalue weighted by molar-refractivity contribution is 5.91. The van der Waals surface area contributed by atoms with E-state index in [1.807, 2.05) is 13.8 Å². The molecule has 0 amide bonds. The number of carboxylic acids is 2. The Morgan fingerprint density at radius 1 is 0.551 bits per heavy atom. The average Bonchev–Trinajstić information content (AvgIpc) is 3.37. The maximum atomic E-state index is 13.7. The molecule has 17 nitrogen and oxygen atoms in total. The standard InChI is InChI=1S/C38H32N4O9.2C7H6O2/c1-22-18-27-28(19-23(22)2)42(33-31(39-27)34(44)41-38(48)40-33)20-29(49-35(45)24-12-6-3-7-13-24)32(51-37(47)26-16-10-5-11-17-26)30(21-43)50-36(46)25-14-8-4-9-15-25;2*8-7(9)6-4-2-1-3-5-6/h3-19,29-30,32,43H,20-21H2,1-2H3,(H,41,44,48);2*1-5H,(H,8,9). The first-order chi connectivity index (χ1) is 33.2. The number of ether oxygens (including phenoxy) is 3. The summed E-state index contributed by atoms with van der Waals surface area (Å²) in [5, 5.41) is 27.5. The highest BCUT2D eigenvalue weighted by Gasteiger charge is 2.40. The second kappa shape index (κ2) is 23.4. The van der Waals surface area contributed by atoms with Crippen molar-refractivity contribution in [1.29, 1.82) is 0 Å². The zero-order chi connectivity index (χ0) is 49.5. The molecule has 0 aliphatic carbocycles. The summed E-state index contributed by atoms with van der Waals surface area (Å²) in [5.74, 6) is -4.45. The lowest BCUT2D eigenvalue weighted by Gasteiger charge is -2.33. The van der Waals surface area contributed by atoms with Gasteiger partial charge in [-0.1, -0.05) is 91.0 Å². The number of aromatic carboxylic acids is 2. The number of nitrogens with zero attached hydrogens (tertiary/aromatic N) is 3. The Kier molecular flexibility index (Phi) is 16.7. The van der Waals surface area contributed by atoms with E-state index in [0.717, 1.165) is 11.1 Å². The van der Waals surface area contributed by atoms with E-state index in [2.05, 4.69) is 15.0 Å². The van der Waals surface area contributed by atoms with Gasteiger partial charge in [0.15, 0.2) is 29.8 Å². The molecule has 6 aromatic carbocycles. The summed E-state index contributed by atoms with van der Waals surface area (Å²) < 4.78 is 19.2. The number of fused-ring (bicyclic) bond motifs is 2. The Hall–Kier alpha value is -9.09. The molecule has 3 unspecified atom stereocenters. The average molecular weight is 933 g/mol. The molecule has 0 saturated carbocycles. The molecule has 350 valence electrons. The molecule has 0 spiro atoms. The lowest BCUT2D eigenvalue weighted by atomic mass is 10.0. The van der Waals surface area contributed by atoms with Gasteiger partial charge in [0.2, 0.25) is 0 Å². The maximum Gasteiger partial charge on any atom is 0.349 e. The summed E-state index contributed by atoms with van der Waals surface area (Å²) in [7, 11) is 0. The van der Waals surface area contributed by atoms with Gasteiger partial charge in [-0.05, 0) is 97.8 Å². The maximum absolute atomic E-state index is 13.7. The van der Waals surface area contributed by atoms with Crippen molar-refractivity contribution in [2.75, 3.05) is 6.61 Å². The van der Waals surface area contributed by atoms with Gasteiger partial charge in [-0.25, -0.2) is 33.8 Å². The lowest BCUT2D eigenvalue weighted by molar-refractivity contribution is -0.102. The smallest absolute Gasteiger partial charge is 0.349 e. The number of carbonyl (C=O) groups is 5. The molecule has 6 aromatic rings. The van der Waals surface area contributed by atoms with Gasteiger partial charge < -0.3 is 34.1 Å². The zero-order valence-corrected chi connectivity index (χ0v) is 37.0. The van der Waals surface area contributed by atoms with Gasteiger partial charge >= 0.3 is 35.5 Å². The second-order valence-corrected chi connectivity index (χ2v) is 15.1. The van der Waals surface area contributed by atoms with Crippen LogP contribution in [0.25, 0.3) is 22.6 Å². The number of H-pyrrole nitrogens is 1. The van der Waals surface area contributed by atoms with E-state index in [1.54, 1.807) is 127 Å². The van der Waals surface area contributed by atoms with E-state index in [4.69, 9.17) is 24.4 Å². The number of aliphatic hydroxyl groups is 1. The van der Waals surface area contributed by atoms with Gasteiger partial charge in [-0.2, -0.15) is 4.98 Å². The first-order valence-electron chi connectivity index (χ1n) is 21.1. The minimum atomic E-state index is -1.64. The van der Waals surface area contributed by atoms with E-state index in [0.29, 0.717) is 22.2 Å². The monoisotopic (exact) mass is 932 g/mol. The number of hydrogen-bond donors (Lipinski definition) is 4. The Labute approximate surface area is 393 Å². The summed E-state index contributed by atoms with van der Waals surface area (Å²) in [6, 6.07) is 44.1. The molecule has 0 radical (unpaired) electrons. The minimum absolute atomic E-state index is 0.129. The van der Waals surface area contributed by atoms with E-state index in [9.17, 15) is 38.7 Å². The quantitative estimate of drug-likeness (QED) is 0.0537. The normalized spacial score (nSPS) is 11.9. The highest BCUT2D eigenvalue weighted by Crippen LogP contribution is 2.27. The van der Waals surface area contributed by atoms with Crippen molar-refractivity contribution < 1.29 is 53.5 Å². The Bertz CT molecular complexity index is 3080. The van der Waals surface area contributed by atoms with Crippen molar-refractivity contribution >= 4 is 40.9 Å². The summed E-state index contributed by atoms with van der Waals surface area (Å²) >= 11 is 0. The Morgan fingerprint density at radius 2 is 0.942 bits per heavy atom. The number of rotatable bonds is 13. The fraction of sp³-hybridized carbons (Fsp3) is 0.135. The molecule has 17 heteroatoms. The topological polar surface area (TPSA) is 254 Å². The SMILES string of the molecule is Cc1cc2nc3c(=O)[nH]c(=O)nc-3n(CC(OC(=O)c3ccccc3)C(OC(=O)c3ccccc3)C(CO)OC(=O)c3ccccc3)c2cc1C.O=C(O)c1ccccc1.O=C(O)c1ccccc1. The van der Waals surface area contributed by atoms with E-state index in [-0.39, 0.29) is 28.2 Å². The predicted molar refractivity (Wildman–Crippen MR) is 251 cm³/mol. The molecule has 8 rings (SSSR count). The Morgan fingerprint density at radius 3 is 1.35 bits per heavy atom. The van der Waals surface area contributed by atoms with E-state index >= 15 is 0 Å². The molecular formula is C52H44N4O13. The van der Waals surface area contributed by atoms with Crippen LogP contribution >= 0.6 is 0 Å². The number of esters is 3. The number of benzene rings is 6. The first-order valence-corrected chi connectivity index (χ1v) is 21.1. The molecule has 0 bridgehead atoms. The highest BCUT2D eigenvalue weighted by atomic mass is 16.6. The molecule has 2 aliphatic rings. The van der Waals surface area contributed by atoms with Crippen LogP contribution in [0.5, 0.6) is 0 Å². The first kappa shape index (κ1) is 49.3. The number of carbonyl (C=O) groups excluding carboxylic acids is 3. The van der Waals surface area contributed by atoms with Crippen LogP contribution in [-0.2, 0) is 20.8 Å². The zero-order valence-electron chi connectivity index (χ0n) is 37.0. The van der Waals surface area contributed by atoms with Crippen molar-refractivity contribution in [2.24, 2.45) is 0 Å². The largest absolute Gasteiger partial charge is 0.478 e. The van der Waals surface area contributed by atoms with Crippen LogP contribution in [0.2, 0.25) is 0 Å². The number of aromatic amines is 1. The van der Waals surface area contributed by atoms with Crippen molar-refractivity contribution in [1.82, 2.24) is 19.5 Å². The third kappa shape index (κ3) is 13.1. The van der Waals surface area contributed by atoms with Crippen LogP contribution in [0.3, 0.4) is 0 Å². The van der Waals surface area contributed by atoms with Crippen molar-refractivity contribution in [3.63, 3.8) is 0 Å². The van der Waals surface area contributed by atoms with Crippen LogP contribution in [0, 0.1) is 13.8 Å². The van der Waals surface area contributed by atoms with Gasteiger partial charge in [0.05, 0.1) is 52.0 Å². The molecule has 0 aromatic heterocycles. The van der Waals surface area contributed by atoms with Crippen molar-refractivity contribution in [2.45, 2.75) is 38.7 Å². The van der Waals surface area contributed by atoms with Crippen LogP contribution < -0.4 is 11.2 Å². The Balaban J connectivity index is 0.000000361. The third-order valence-electron chi connectivity index (χ3n) is 10.3. The molecule has 0 fully saturated rings. The van der Waals surface area contributed by atoms with Gasteiger partial charge in [0.1, 0.15) is 0 Å². The molecule has 4 N–H and O–H groups in total. The molecular weight excluding hydrogens is 889 g/mol. The van der Waals surface area contributed by atoms with Crippen molar-refractivity contribution in [3.05, 3.63) is 224 Å². The number of aromatic nitrogens is 4. The number of nitrogens with one attached hydrogen (secondary N) is 1. The summed E-state index contributed by atoms with van der Waals surface area (Å²) in [5.41, 5.74) is 1.63. The minimum Gasteiger partial charge on any atom is -0.478 e. The third-order valence-corrected chi connectivity index (χ3v) is 10.3. The summed E-state index contributed by atoms with van der Waals surface area (Å²) in [6.45, 7) is 2.47. The predicted octanol–water partition coefficient (Wildman–Crippen LogP) is 6.64. The van der Waals surface area contributed by atoms with Gasteiger partial charge in [-0.3, -0.25) is 9.78 Å². The summed E-state index contributed by atoms with van der Waals surface area (Å²) in [6.07, 6.45) is -4.74. The van der Waals surface area contributed by atoms with Gasteiger partial charge in [0, 0.05) is 0 Å². The number of hydrogen-bond acceptors (Lipinski definition) is 13. The molecule has 69 heavy (non-hydrogen) atoms. The summed E-state index contributed by atoms with van der Waals surface area (Å²) in [4.78, 5) is 97.3. The van der Waals surface area contributed by atoms with Gasteiger partial charge in [0.25, 0.3) is 5.56 Å². The number of aliphatic hydroxyl groups excluding tert-OH is 1. The number of carboxylic acid groups (broad SMARTS) is 2. The van der Waals surface area contributed by atoms with Crippen LogP contribution in [0.4, 0.5) is 0 Å². The van der Waals surface area contributed by atoms with Crippen LogP contribution in [0.1, 0.15) is 62.9 Å². The van der Waals surface area contributed by atoms with Crippen molar-refractivity contribution in [3.8, 4) is 11.5 Å². The fourth-order valence-electron chi connectivity index (χ4n) is 6.71. The number of aryl methyl sites for hydroxylation is 2. The fourth-order valence-corrected chi connectivity index (χ4v) is 6.71. The van der Waals surface area contributed by atoms with E-state index in [1.165, 1.54) is 41.0 Å².